The molecule has 0 aliphatic heterocycles. The van der Waals surface area contributed by atoms with Crippen LogP contribution < -0.4 is 19.5 Å². The van der Waals surface area contributed by atoms with E-state index in [1.165, 1.54) is 0 Å². The van der Waals surface area contributed by atoms with Gasteiger partial charge in [0.2, 0.25) is 5.91 Å². The number of methoxy groups -OCH3 is 3. The van der Waals surface area contributed by atoms with Crippen molar-refractivity contribution in [1.82, 2.24) is 5.32 Å². The van der Waals surface area contributed by atoms with Gasteiger partial charge < -0.3 is 23.9 Å². The first-order valence-electron chi connectivity index (χ1n) is 11.2. The standard InChI is InChI=1S/C27H33NO5/c1-7-8-9-12-28-25(29)13-17(2)20-15-22-23(16-33-27(22)18(3)26(20)32-6)21-14-19(30-4)10-11-24(21)31-5/h10-11,13-16H,7-9,12H2,1-6H3,(H,28,29)/b17-13+. The number of amides is 1. The molecule has 0 bridgehead atoms. The van der Waals surface area contributed by atoms with Gasteiger partial charge in [-0.2, -0.15) is 0 Å². The number of carbonyl (C=O) groups is 1. The largest absolute Gasteiger partial charge is 0.497 e. The Labute approximate surface area is 195 Å². The van der Waals surface area contributed by atoms with Crippen LogP contribution in [0.5, 0.6) is 17.2 Å². The monoisotopic (exact) mass is 451 g/mol. The molecular formula is C27H33NO5. The minimum absolute atomic E-state index is 0.106. The molecule has 0 saturated carbocycles. The van der Waals surface area contributed by atoms with Crippen molar-refractivity contribution in [2.24, 2.45) is 0 Å². The number of allylic oxidation sites excluding steroid dienone is 1. The van der Waals surface area contributed by atoms with Crippen LogP contribution in [-0.4, -0.2) is 33.8 Å². The third kappa shape index (κ3) is 5.16. The highest BCUT2D eigenvalue weighted by Crippen LogP contribution is 2.43. The SMILES string of the molecule is CCCCCNC(=O)/C=C(\C)c1cc2c(-c3cc(OC)ccc3OC)coc2c(C)c1OC. The summed E-state index contributed by atoms with van der Waals surface area (Å²) in [5.74, 6) is 2.02. The highest BCUT2D eigenvalue weighted by molar-refractivity contribution is 6.02. The van der Waals surface area contributed by atoms with E-state index in [2.05, 4.69) is 12.2 Å². The van der Waals surface area contributed by atoms with E-state index in [0.717, 1.165) is 63.8 Å². The predicted molar refractivity (Wildman–Crippen MR) is 132 cm³/mol. The van der Waals surface area contributed by atoms with Gasteiger partial charge in [-0.1, -0.05) is 19.8 Å². The average molecular weight is 452 g/mol. The number of unbranched alkanes of at least 4 members (excludes halogenated alkanes) is 2. The summed E-state index contributed by atoms with van der Waals surface area (Å²) in [7, 11) is 4.90. The zero-order chi connectivity index (χ0) is 24.0. The zero-order valence-electron chi connectivity index (χ0n) is 20.3. The van der Waals surface area contributed by atoms with E-state index < -0.39 is 0 Å². The van der Waals surface area contributed by atoms with Crippen LogP contribution in [0.15, 0.2) is 41.0 Å². The fourth-order valence-electron chi connectivity index (χ4n) is 4.02. The number of hydrogen-bond acceptors (Lipinski definition) is 5. The molecule has 0 saturated heterocycles. The van der Waals surface area contributed by atoms with E-state index in [0.29, 0.717) is 18.0 Å². The van der Waals surface area contributed by atoms with Gasteiger partial charge in [0.15, 0.2) is 0 Å². The van der Waals surface area contributed by atoms with Crippen molar-refractivity contribution in [3.63, 3.8) is 0 Å². The smallest absolute Gasteiger partial charge is 0.244 e. The number of fused-ring (bicyclic) bond motifs is 1. The molecule has 0 aliphatic rings. The first kappa shape index (κ1) is 24.2. The molecule has 0 unspecified atom stereocenters. The van der Waals surface area contributed by atoms with E-state index in [4.69, 9.17) is 18.6 Å². The third-order valence-electron chi connectivity index (χ3n) is 5.80. The van der Waals surface area contributed by atoms with Crippen LogP contribution in [0.25, 0.3) is 27.7 Å². The zero-order valence-corrected chi connectivity index (χ0v) is 20.3. The Morgan fingerprint density at radius 3 is 2.52 bits per heavy atom. The van der Waals surface area contributed by atoms with E-state index in [1.54, 1.807) is 33.7 Å². The molecule has 6 nitrogen and oxygen atoms in total. The Bertz CT molecular complexity index is 1160. The molecule has 0 spiro atoms. The summed E-state index contributed by atoms with van der Waals surface area (Å²) in [6, 6.07) is 7.67. The molecule has 0 aliphatic carbocycles. The van der Waals surface area contributed by atoms with Crippen molar-refractivity contribution in [3.8, 4) is 28.4 Å². The molecule has 33 heavy (non-hydrogen) atoms. The Kier molecular flexibility index (Phi) is 8.04. The van der Waals surface area contributed by atoms with Gasteiger partial charge in [-0.15, -0.1) is 0 Å². The van der Waals surface area contributed by atoms with Crippen LogP contribution in [-0.2, 0) is 4.79 Å². The lowest BCUT2D eigenvalue weighted by atomic mass is 9.96. The van der Waals surface area contributed by atoms with E-state index in [1.807, 2.05) is 38.1 Å². The molecule has 1 N–H and O–H groups in total. The van der Waals surface area contributed by atoms with Crippen LogP contribution in [0, 0.1) is 6.92 Å². The molecule has 1 heterocycles. The van der Waals surface area contributed by atoms with Crippen molar-refractivity contribution in [2.45, 2.75) is 40.0 Å². The lowest BCUT2D eigenvalue weighted by Crippen LogP contribution is -2.22. The molecule has 2 aromatic carbocycles. The molecule has 0 fully saturated rings. The minimum Gasteiger partial charge on any atom is -0.497 e. The van der Waals surface area contributed by atoms with Crippen LogP contribution in [0.2, 0.25) is 0 Å². The minimum atomic E-state index is -0.106. The van der Waals surface area contributed by atoms with Gasteiger partial charge in [0.05, 0.1) is 27.6 Å². The van der Waals surface area contributed by atoms with Gasteiger partial charge in [-0.25, -0.2) is 0 Å². The number of benzene rings is 2. The van der Waals surface area contributed by atoms with Gasteiger partial charge in [0, 0.05) is 40.3 Å². The number of hydrogen-bond donors (Lipinski definition) is 1. The second kappa shape index (κ2) is 10.9. The summed E-state index contributed by atoms with van der Waals surface area (Å²) < 4.78 is 22.7. The van der Waals surface area contributed by atoms with Crippen molar-refractivity contribution in [3.05, 3.63) is 47.7 Å². The van der Waals surface area contributed by atoms with E-state index in [-0.39, 0.29) is 5.91 Å². The van der Waals surface area contributed by atoms with E-state index >= 15 is 0 Å². The van der Waals surface area contributed by atoms with Gasteiger partial charge in [0.1, 0.15) is 22.8 Å². The topological polar surface area (TPSA) is 69.9 Å². The molecular weight excluding hydrogens is 418 g/mol. The number of furan rings is 1. The van der Waals surface area contributed by atoms with Crippen molar-refractivity contribution in [1.29, 1.82) is 0 Å². The van der Waals surface area contributed by atoms with E-state index in [9.17, 15) is 4.79 Å². The molecule has 1 aromatic heterocycles. The normalized spacial score (nSPS) is 11.5. The van der Waals surface area contributed by atoms with Crippen molar-refractivity contribution >= 4 is 22.4 Å². The van der Waals surface area contributed by atoms with Crippen molar-refractivity contribution in [2.75, 3.05) is 27.9 Å². The number of ether oxygens (including phenoxy) is 3. The second-order valence-electron chi connectivity index (χ2n) is 8.00. The lowest BCUT2D eigenvalue weighted by Gasteiger charge is -2.14. The van der Waals surface area contributed by atoms with Gasteiger partial charge in [-0.05, 0) is 50.1 Å². The molecule has 0 atom stereocenters. The number of rotatable bonds is 10. The van der Waals surface area contributed by atoms with Crippen LogP contribution in [0.4, 0.5) is 0 Å². The number of nitrogens with one attached hydrogen (secondary N) is 1. The lowest BCUT2D eigenvalue weighted by molar-refractivity contribution is -0.116. The highest BCUT2D eigenvalue weighted by atomic mass is 16.5. The molecule has 3 aromatic rings. The Balaban J connectivity index is 2.09. The number of aryl methyl sites for hydroxylation is 1. The first-order valence-corrected chi connectivity index (χ1v) is 11.2. The van der Waals surface area contributed by atoms with Crippen molar-refractivity contribution < 1.29 is 23.4 Å². The second-order valence-corrected chi connectivity index (χ2v) is 8.00. The molecule has 1 amide bonds. The van der Waals surface area contributed by atoms with Crippen LogP contribution >= 0.6 is 0 Å². The van der Waals surface area contributed by atoms with Crippen LogP contribution in [0.3, 0.4) is 0 Å². The Morgan fingerprint density at radius 1 is 1.06 bits per heavy atom. The summed E-state index contributed by atoms with van der Waals surface area (Å²) >= 11 is 0. The Hall–Kier alpha value is -3.41. The van der Waals surface area contributed by atoms with Gasteiger partial charge >= 0.3 is 0 Å². The predicted octanol–water partition coefficient (Wildman–Crippen LogP) is 6.14. The molecule has 0 radical (unpaired) electrons. The summed E-state index contributed by atoms with van der Waals surface area (Å²) in [6.07, 6.45) is 6.54. The number of carbonyl (C=O) groups excluding carboxylic acids is 1. The maximum absolute atomic E-state index is 12.5. The fraction of sp³-hybridized carbons (Fsp3) is 0.370. The fourth-order valence-corrected chi connectivity index (χ4v) is 4.02. The summed E-state index contributed by atoms with van der Waals surface area (Å²) in [6.45, 7) is 6.69. The summed E-state index contributed by atoms with van der Waals surface area (Å²) in [5, 5.41) is 3.87. The van der Waals surface area contributed by atoms with Gasteiger partial charge in [0.25, 0.3) is 0 Å². The quantitative estimate of drug-likeness (QED) is 0.296. The first-order chi connectivity index (χ1) is 15.9. The molecule has 176 valence electrons. The highest BCUT2D eigenvalue weighted by Gasteiger charge is 2.20. The maximum Gasteiger partial charge on any atom is 0.244 e. The average Bonchev–Trinajstić information content (AvgIpc) is 3.25. The molecule has 3 rings (SSSR count). The van der Waals surface area contributed by atoms with Gasteiger partial charge in [-0.3, -0.25) is 4.79 Å². The molecule has 6 heteroatoms. The third-order valence-corrected chi connectivity index (χ3v) is 5.80. The Morgan fingerprint density at radius 2 is 1.85 bits per heavy atom. The summed E-state index contributed by atoms with van der Waals surface area (Å²) in [4.78, 5) is 12.5. The van der Waals surface area contributed by atoms with Crippen LogP contribution in [0.1, 0.15) is 44.2 Å². The maximum atomic E-state index is 12.5. The summed E-state index contributed by atoms with van der Waals surface area (Å²) in [5.41, 5.74) is 5.00.